The van der Waals surface area contributed by atoms with E-state index in [1.165, 1.54) is 6.33 Å². The summed E-state index contributed by atoms with van der Waals surface area (Å²) >= 11 is 6.06. The van der Waals surface area contributed by atoms with Crippen molar-refractivity contribution in [3.05, 3.63) is 71.3 Å². The molecule has 0 saturated carbocycles. The van der Waals surface area contributed by atoms with Crippen LogP contribution in [0.2, 0.25) is 5.02 Å². The molecule has 1 saturated heterocycles. The molecule has 28 heavy (non-hydrogen) atoms. The first-order valence-electron chi connectivity index (χ1n) is 8.87. The van der Waals surface area contributed by atoms with Crippen molar-refractivity contribution in [1.82, 2.24) is 14.8 Å². The molecule has 1 aliphatic rings. The summed E-state index contributed by atoms with van der Waals surface area (Å²) in [5, 5.41) is 14.3. The molecule has 7 nitrogen and oxygen atoms in total. The van der Waals surface area contributed by atoms with E-state index in [9.17, 15) is 5.11 Å². The van der Waals surface area contributed by atoms with Gasteiger partial charge >= 0.3 is 0 Å². The molecule has 4 rings (SSSR count). The molecule has 0 spiro atoms. The first-order chi connectivity index (χ1) is 13.6. The van der Waals surface area contributed by atoms with Gasteiger partial charge in [-0.15, -0.1) is 0 Å². The lowest BCUT2D eigenvalue weighted by atomic mass is 10.1. The number of rotatable bonds is 6. The lowest BCUT2D eigenvalue weighted by molar-refractivity contribution is -0.191. The number of nitrogens with zero attached hydrogens (tertiary/aromatic N) is 3. The zero-order valence-electron chi connectivity index (χ0n) is 15.3. The summed E-state index contributed by atoms with van der Waals surface area (Å²) in [7, 11) is 0. The van der Waals surface area contributed by atoms with Crippen LogP contribution in [0.4, 0.5) is 0 Å². The minimum absolute atomic E-state index is 0.115. The Morgan fingerprint density at radius 1 is 1.25 bits per heavy atom. The minimum atomic E-state index is -1.05. The van der Waals surface area contributed by atoms with Crippen LogP contribution in [0.15, 0.2) is 55.1 Å². The number of aliphatic hydroxyl groups is 1. The Morgan fingerprint density at radius 3 is 2.68 bits per heavy atom. The van der Waals surface area contributed by atoms with Crippen molar-refractivity contribution in [2.45, 2.75) is 25.4 Å². The molecule has 1 aromatic heterocycles. The van der Waals surface area contributed by atoms with Gasteiger partial charge in [-0.2, -0.15) is 5.10 Å². The normalized spacial score (nSPS) is 21.8. The summed E-state index contributed by atoms with van der Waals surface area (Å²) in [6.45, 7) is 2.43. The Labute approximate surface area is 167 Å². The Morgan fingerprint density at radius 2 is 2.04 bits per heavy atom. The maximum atomic E-state index is 9.45. The zero-order valence-corrected chi connectivity index (χ0v) is 16.0. The van der Waals surface area contributed by atoms with Crippen molar-refractivity contribution in [3.63, 3.8) is 0 Å². The fourth-order valence-electron chi connectivity index (χ4n) is 3.10. The van der Waals surface area contributed by atoms with Gasteiger partial charge in [0, 0.05) is 10.6 Å². The van der Waals surface area contributed by atoms with Gasteiger partial charge in [0.2, 0.25) is 5.79 Å². The predicted molar refractivity (Wildman–Crippen MR) is 102 cm³/mol. The van der Waals surface area contributed by atoms with E-state index < -0.39 is 11.9 Å². The molecule has 3 aromatic rings. The summed E-state index contributed by atoms with van der Waals surface area (Å²) in [5.41, 5.74) is 1.75. The zero-order chi connectivity index (χ0) is 19.6. The van der Waals surface area contributed by atoms with Gasteiger partial charge < -0.3 is 19.3 Å². The summed E-state index contributed by atoms with van der Waals surface area (Å²) < 4.78 is 19.5. The monoisotopic (exact) mass is 401 g/mol. The van der Waals surface area contributed by atoms with Crippen LogP contribution < -0.4 is 4.74 Å². The van der Waals surface area contributed by atoms with Crippen molar-refractivity contribution < 1.29 is 19.3 Å². The average Bonchev–Trinajstić information content (AvgIpc) is 3.36. The van der Waals surface area contributed by atoms with Crippen LogP contribution in [-0.2, 0) is 21.8 Å². The van der Waals surface area contributed by atoms with Crippen LogP contribution in [-0.4, -0.2) is 39.2 Å². The molecule has 146 valence electrons. The highest BCUT2D eigenvalue weighted by atomic mass is 35.5. The van der Waals surface area contributed by atoms with Crippen molar-refractivity contribution in [1.29, 1.82) is 0 Å². The van der Waals surface area contributed by atoms with Crippen molar-refractivity contribution in [2.75, 3.05) is 13.2 Å². The lowest BCUT2D eigenvalue weighted by Gasteiger charge is -2.28. The number of aromatic nitrogens is 3. The van der Waals surface area contributed by atoms with Gasteiger partial charge in [-0.05, 0) is 55.0 Å². The molecule has 0 aliphatic carbocycles. The molecule has 1 fully saturated rings. The van der Waals surface area contributed by atoms with Crippen LogP contribution in [0, 0.1) is 6.92 Å². The number of ether oxygens (including phenoxy) is 3. The van der Waals surface area contributed by atoms with E-state index >= 15 is 0 Å². The molecule has 0 bridgehead atoms. The SMILES string of the molecule is Cc1cc(Oc2ccc(C3(Cn4cncn4)OCC(CO)O3)cc2)ccc1Cl. The third kappa shape index (κ3) is 3.88. The van der Waals surface area contributed by atoms with Crippen LogP contribution >= 0.6 is 11.6 Å². The number of aliphatic hydroxyl groups excluding tert-OH is 1. The third-order valence-corrected chi connectivity index (χ3v) is 4.98. The number of aryl methyl sites for hydroxylation is 1. The maximum absolute atomic E-state index is 9.45. The number of benzene rings is 2. The highest BCUT2D eigenvalue weighted by Gasteiger charge is 2.43. The van der Waals surface area contributed by atoms with E-state index in [2.05, 4.69) is 10.1 Å². The van der Waals surface area contributed by atoms with Gasteiger partial charge in [-0.3, -0.25) is 0 Å². The van der Waals surface area contributed by atoms with E-state index in [0.717, 1.165) is 11.1 Å². The van der Waals surface area contributed by atoms with Gasteiger partial charge in [0.05, 0.1) is 13.2 Å². The highest BCUT2D eigenvalue weighted by Crippen LogP contribution is 2.37. The first-order valence-corrected chi connectivity index (χ1v) is 9.25. The van der Waals surface area contributed by atoms with Crippen molar-refractivity contribution in [3.8, 4) is 11.5 Å². The molecule has 2 unspecified atom stereocenters. The predicted octanol–water partition coefficient (Wildman–Crippen LogP) is 3.29. The van der Waals surface area contributed by atoms with E-state index in [1.54, 1.807) is 11.0 Å². The van der Waals surface area contributed by atoms with Gasteiger partial charge in [-0.1, -0.05) is 11.6 Å². The molecule has 0 radical (unpaired) electrons. The lowest BCUT2D eigenvalue weighted by Crippen LogP contribution is -2.34. The molecule has 8 heteroatoms. The molecular weight excluding hydrogens is 382 g/mol. The molecular formula is C20H20ClN3O4. The standard InChI is InChI=1S/C20H20ClN3O4/c1-14-8-17(6-7-19(14)21)27-16-4-2-15(3-5-16)20(11-24-13-22-12-23-24)26-10-18(9-25)28-20/h2-8,12-13,18,25H,9-11H2,1H3. The second-order valence-corrected chi connectivity index (χ2v) is 7.02. The largest absolute Gasteiger partial charge is 0.457 e. The van der Waals surface area contributed by atoms with Crippen LogP contribution in [0.1, 0.15) is 11.1 Å². The second-order valence-electron chi connectivity index (χ2n) is 6.62. The smallest absolute Gasteiger partial charge is 0.215 e. The Balaban J connectivity index is 1.56. The molecule has 2 heterocycles. The third-order valence-electron chi connectivity index (χ3n) is 4.56. The average molecular weight is 402 g/mol. The van der Waals surface area contributed by atoms with Crippen molar-refractivity contribution in [2.24, 2.45) is 0 Å². The van der Waals surface area contributed by atoms with Gasteiger partial charge in [-0.25, -0.2) is 9.67 Å². The van der Waals surface area contributed by atoms with Gasteiger partial charge in [0.1, 0.15) is 36.8 Å². The Hall–Kier alpha value is -2.45. The maximum Gasteiger partial charge on any atom is 0.215 e. The van der Waals surface area contributed by atoms with Crippen LogP contribution in [0.3, 0.4) is 0 Å². The van der Waals surface area contributed by atoms with Gasteiger partial charge in [0.25, 0.3) is 0 Å². The fraction of sp³-hybridized carbons (Fsp3) is 0.300. The molecule has 2 atom stereocenters. The quantitative estimate of drug-likeness (QED) is 0.682. The number of halogens is 1. The number of hydrogen-bond donors (Lipinski definition) is 1. The summed E-state index contributed by atoms with van der Waals surface area (Å²) in [6, 6.07) is 13.0. The Kier molecular flexibility index (Phi) is 5.32. The van der Waals surface area contributed by atoms with E-state index in [1.807, 2.05) is 49.4 Å². The van der Waals surface area contributed by atoms with E-state index in [0.29, 0.717) is 29.7 Å². The summed E-state index contributed by atoms with van der Waals surface area (Å²) in [5.74, 6) is 0.343. The fourth-order valence-corrected chi connectivity index (χ4v) is 3.22. The summed E-state index contributed by atoms with van der Waals surface area (Å²) in [4.78, 5) is 3.96. The van der Waals surface area contributed by atoms with E-state index in [4.69, 9.17) is 25.8 Å². The Bertz CT molecular complexity index is 933. The van der Waals surface area contributed by atoms with E-state index in [-0.39, 0.29) is 6.61 Å². The second kappa shape index (κ2) is 7.89. The van der Waals surface area contributed by atoms with Gasteiger partial charge in [0.15, 0.2) is 0 Å². The summed E-state index contributed by atoms with van der Waals surface area (Å²) in [6.07, 6.45) is 2.66. The minimum Gasteiger partial charge on any atom is -0.457 e. The molecule has 1 N–H and O–H groups in total. The van der Waals surface area contributed by atoms with Crippen molar-refractivity contribution >= 4 is 11.6 Å². The first kappa shape index (κ1) is 18.9. The topological polar surface area (TPSA) is 78.6 Å². The molecule has 2 aromatic carbocycles. The molecule has 0 amide bonds. The number of hydrogen-bond acceptors (Lipinski definition) is 6. The highest BCUT2D eigenvalue weighted by molar-refractivity contribution is 6.31. The van der Waals surface area contributed by atoms with Crippen LogP contribution in [0.5, 0.6) is 11.5 Å². The van der Waals surface area contributed by atoms with Crippen LogP contribution in [0.25, 0.3) is 0 Å². The molecule has 1 aliphatic heterocycles.